The normalized spacial score (nSPS) is 21.0. The zero-order valence-electron chi connectivity index (χ0n) is 10.4. The third-order valence-corrected chi connectivity index (χ3v) is 3.59. The van der Waals surface area contributed by atoms with Crippen molar-refractivity contribution in [2.45, 2.75) is 12.3 Å². The molecule has 0 heteroatoms. The van der Waals surface area contributed by atoms with Gasteiger partial charge in [0.15, 0.2) is 0 Å². The van der Waals surface area contributed by atoms with E-state index in [9.17, 15) is 0 Å². The van der Waals surface area contributed by atoms with Crippen LogP contribution in [-0.2, 0) is 5.41 Å². The molecule has 0 nitrogen and oxygen atoms in total. The van der Waals surface area contributed by atoms with Crippen LogP contribution in [-0.4, -0.2) is 0 Å². The molecule has 0 aliphatic heterocycles. The van der Waals surface area contributed by atoms with Crippen molar-refractivity contribution in [1.29, 1.82) is 0 Å². The van der Waals surface area contributed by atoms with Gasteiger partial charge in [0.05, 0.1) is 5.41 Å². The monoisotopic (exact) mass is 230 g/mol. The Balaban J connectivity index is 2.25. The summed E-state index contributed by atoms with van der Waals surface area (Å²) in [5.74, 6) is 2.92. The van der Waals surface area contributed by atoms with E-state index in [2.05, 4.69) is 67.5 Å². The molecule has 0 fully saturated rings. The lowest BCUT2D eigenvalue weighted by atomic mass is 9.86. The van der Waals surface area contributed by atoms with Crippen molar-refractivity contribution in [2.24, 2.45) is 0 Å². The lowest BCUT2D eigenvalue weighted by Crippen LogP contribution is -2.13. The number of hydrogen-bond acceptors (Lipinski definition) is 0. The molecule has 1 unspecified atom stereocenters. The first-order valence-corrected chi connectivity index (χ1v) is 6.10. The predicted molar refractivity (Wildman–Crippen MR) is 76.1 cm³/mol. The van der Waals surface area contributed by atoms with Gasteiger partial charge in [-0.25, -0.2) is 0 Å². The molecule has 1 aliphatic carbocycles. The number of terminal acetylenes is 1. The van der Waals surface area contributed by atoms with Gasteiger partial charge in [-0.1, -0.05) is 66.6 Å². The van der Waals surface area contributed by atoms with E-state index >= 15 is 0 Å². The van der Waals surface area contributed by atoms with E-state index in [0.29, 0.717) is 0 Å². The highest BCUT2D eigenvalue weighted by atomic mass is 14.3. The van der Waals surface area contributed by atoms with Crippen LogP contribution < -0.4 is 0 Å². The number of benzene rings is 2. The van der Waals surface area contributed by atoms with Gasteiger partial charge in [-0.15, -0.1) is 6.42 Å². The Morgan fingerprint density at radius 3 is 2.33 bits per heavy atom. The smallest absolute Gasteiger partial charge is 0.0727 e. The van der Waals surface area contributed by atoms with E-state index in [-0.39, 0.29) is 5.41 Å². The SMILES string of the molecule is C#CC1(C)C=C(c2ccccc2)c2ccccc21. The molecular weight excluding hydrogens is 216 g/mol. The molecule has 0 bridgehead atoms. The van der Waals surface area contributed by atoms with Crippen LogP contribution in [0.1, 0.15) is 23.6 Å². The van der Waals surface area contributed by atoms with Crippen molar-refractivity contribution in [3.8, 4) is 12.3 Å². The van der Waals surface area contributed by atoms with Crippen molar-refractivity contribution in [3.05, 3.63) is 77.4 Å². The van der Waals surface area contributed by atoms with Crippen LogP contribution in [0, 0.1) is 12.3 Å². The van der Waals surface area contributed by atoms with E-state index < -0.39 is 0 Å². The van der Waals surface area contributed by atoms with Crippen LogP contribution in [0.4, 0.5) is 0 Å². The number of allylic oxidation sites excluding steroid dienone is 1. The molecule has 0 saturated carbocycles. The summed E-state index contributed by atoms with van der Waals surface area (Å²) in [6.45, 7) is 2.10. The Kier molecular flexibility index (Phi) is 2.35. The predicted octanol–water partition coefficient (Wildman–Crippen LogP) is 4.02. The summed E-state index contributed by atoms with van der Waals surface area (Å²) in [7, 11) is 0. The molecule has 2 aromatic carbocycles. The topological polar surface area (TPSA) is 0 Å². The van der Waals surface area contributed by atoms with Crippen LogP contribution >= 0.6 is 0 Å². The molecule has 2 aromatic rings. The first-order chi connectivity index (χ1) is 8.74. The van der Waals surface area contributed by atoms with Crippen molar-refractivity contribution < 1.29 is 0 Å². The number of fused-ring (bicyclic) bond motifs is 1. The maximum absolute atomic E-state index is 5.73. The highest BCUT2D eigenvalue weighted by Crippen LogP contribution is 2.42. The summed E-state index contributed by atoms with van der Waals surface area (Å²) in [5, 5.41) is 0. The minimum absolute atomic E-state index is 0.290. The van der Waals surface area contributed by atoms with Gasteiger partial charge >= 0.3 is 0 Å². The Bertz CT molecular complexity index is 656. The summed E-state index contributed by atoms with van der Waals surface area (Å²) < 4.78 is 0. The van der Waals surface area contributed by atoms with Crippen molar-refractivity contribution in [2.75, 3.05) is 0 Å². The zero-order valence-corrected chi connectivity index (χ0v) is 10.4. The minimum atomic E-state index is -0.290. The van der Waals surface area contributed by atoms with Gasteiger partial charge in [0.1, 0.15) is 0 Å². The highest BCUT2D eigenvalue weighted by Gasteiger charge is 2.32. The van der Waals surface area contributed by atoms with Crippen LogP contribution in [0.2, 0.25) is 0 Å². The van der Waals surface area contributed by atoms with Gasteiger partial charge in [0.2, 0.25) is 0 Å². The van der Waals surface area contributed by atoms with Crippen LogP contribution in [0.5, 0.6) is 0 Å². The van der Waals surface area contributed by atoms with E-state index in [1.807, 2.05) is 6.07 Å². The largest absolute Gasteiger partial charge is 0.119 e. The third-order valence-electron chi connectivity index (χ3n) is 3.59. The quantitative estimate of drug-likeness (QED) is 0.649. The van der Waals surface area contributed by atoms with Gasteiger partial charge in [-0.3, -0.25) is 0 Å². The number of rotatable bonds is 1. The van der Waals surface area contributed by atoms with Crippen LogP contribution in [0.25, 0.3) is 5.57 Å². The molecule has 0 heterocycles. The first-order valence-electron chi connectivity index (χ1n) is 6.10. The summed E-state index contributed by atoms with van der Waals surface area (Å²) in [6, 6.07) is 18.8. The molecule has 0 aromatic heterocycles. The second-order valence-corrected chi connectivity index (χ2v) is 4.82. The minimum Gasteiger partial charge on any atom is -0.119 e. The van der Waals surface area contributed by atoms with Crippen molar-refractivity contribution >= 4 is 5.57 Å². The Hall–Kier alpha value is -2.26. The fourth-order valence-electron chi connectivity index (χ4n) is 2.59. The lowest BCUT2D eigenvalue weighted by Gasteiger charge is -2.15. The molecule has 1 aliphatic rings. The molecule has 18 heavy (non-hydrogen) atoms. The summed E-state index contributed by atoms with van der Waals surface area (Å²) >= 11 is 0. The van der Waals surface area contributed by atoms with E-state index in [1.54, 1.807) is 0 Å². The fraction of sp³-hybridized carbons (Fsp3) is 0.111. The molecule has 0 radical (unpaired) electrons. The standard InChI is InChI=1S/C18H14/c1-3-18(2)13-16(14-9-5-4-6-10-14)15-11-7-8-12-17(15)18/h1,4-13H,2H3. The Labute approximate surface area is 108 Å². The van der Waals surface area contributed by atoms with E-state index in [4.69, 9.17) is 6.42 Å². The maximum Gasteiger partial charge on any atom is 0.0727 e. The molecule has 3 rings (SSSR count). The average molecular weight is 230 g/mol. The first kappa shape index (κ1) is 10.9. The second-order valence-electron chi connectivity index (χ2n) is 4.82. The van der Waals surface area contributed by atoms with Crippen LogP contribution in [0.3, 0.4) is 0 Å². The van der Waals surface area contributed by atoms with Gasteiger partial charge in [-0.05, 0) is 29.2 Å². The number of hydrogen-bond donors (Lipinski definition) is 0. The van der Waals surface area contributed by atoms with Crippen molar-refractivity contribution in [3.63, 3.8) is 0 Å². The molecule has 0 amide bonds. The van der Waals surface area contributed by atoms with E-state index in [0.717, 1.165) is 0 Å². The summed E-state index contributed by atoms with van der Waals surface area (Å²) in [6.07, 6.45) is 7.93. The zero-order chi connectivity index (χ0) is 12.6. The third kappa shape index (κ3) is 1.49. The van der Waals surface area contributed by atoms with Gasteiger partial charge in [0, 0.05) is 0 Å². The fourth-order valence-corrected chi connectivity index (χ4v) is 2.59. The lowest BCUT2D eigenvalue weighted by molar-refractivity contribution is 0.807. The van der Waals surface area contributed by atoms with Gasteiger partial charge in [-0.2, -0.15) is 0 Å². The molecular formula is C18H14. The Morgan fingerprint density at radius 1 is 0.944 bits per heavy atom. The molecule has 86 valence electrons. The second kappa shape index (κ2) is 3.89. The average Bonchev–Trinajstić information content (AvgIpc) is 2.75. The van der Waals surface area contributed by atoms with Gasteiger partial charge < -0.3 is 0 Å². The van der Waals surface area contributed by atoms with Crippen molar-refractivity contribution in [1.82, 2.24) is 0 Å². The highest BCUT2D eigenvalue weighted by molar-refractivity contribution is 5.87. The van der Waals surface area contributed by atoms with Gasteiger partial charge in [0.25, 0.3) is 0 Å². The summed E-state index contributed by atoms with van der Waals surface area (Å²) in [4.78, 5) is 0. The molecule has 0 N–H and O–H groups in total. The molecule has 0 saturated heterocycles. The maximum atomic E-state index is 5.73. The summed E-state index contributed by atoms with van der Waals surface area (Å²) in [5.41, 5.74) is 4.66. The molecule has 0 spiro atoms. The Morgan fingerprint density at radius 2 is 1.61 bits per heavy atom. The van der Waals surface area contributed by atoms with E-state index in [1.165, 1.54) is 22.3 Å². The molecule has 1 atom stereocenters. The van der Waals surface area contributed by atoms with Crippen LogP contribution in [0.15, 0.2) is 60.7 Å².